The summed E-state index contributed by atoms with van der Waals surface area (Å²) in [5.41, 5.74) is -2.31. The molecule has 0 aromatic carbocycles. The molecular formula is C10H14FNO4. The Balaban J connectivity index is 2.17. The summed E-state index contributed by atoms with van der Waals surface area (Å²) >= 11 is 0. The first-order valence-electron chi connectivity index (χ1n) is 5.24. The van der Waals surface area contributed by atoms with Gasteiger partial charge in [-0.2, -0.15) is 0 Å². The quantitative estimate of drug-likeness (QED) is 0.766. The second-order valence-corrected chi connectivity index (χ2v) is 4.46. The van der Waals surface area contributed by atoms with E-state index < -0.39 is 30.2 Å². The van der Waals surface area contributed by atoms with E-state index in [9.17, 15) is 14.0 Å². The van der Waals surface area contributed by atoms with Crippen LogP contribution in [-0.2, 0) is 9.53 Å². The van der Waals surface area contributed by atoms with E-state index in [4.69, 9.17) is 5.11 Å². The first-order chi connectivity index (χ1) is 7.49. The number of amides is 1. The largest absolute Gasteiger partial charge is 0.479 e. The van der Waals surface area contributed by atoms with Crippen molar-refractivity contribution in [3.05, 3.63) is 0 Å². The van der Waals surface area contributed by atoms with Crippen LogP contribution in [0.3, 0.4) is 0 Å². The van der Waals surface area contributed by atoms with E-state index in [-0.39, 0.29) is 12.5 Å². The molecule has 2 aliphatic rings. The van der Waals surface area contributed by atoms with E-state index in [0.29, 0.717) is 0 Å². The number of aliphatic carboxylic acids is 1. The molecule has 90 valence electrons. The van der Waals surface area contributed by atoms with Crippen LogP contribution in [0.4, 0.5) is 9.18 Å². The van der Waals surface area contributed by atoms with Crippen molar-refractivity contribution in [3.63, 3.8) is 0 Å². The lowest BCUT2D eigenvalue weighted by Crippen LogP contribution is -2.43. The topological polar surface area (TPSA) is 66.8 Å². The molecule has 0 aromatic heterocycles. The molecule has 1 saturated heterocycles. The lowest BCUT2D eigenvalue weighted by atomic mass is 9.89. The lowest BCUT2D eigenvalue weighted by Gasteiger charge is -2.20. The highest BCUT2D eigenvalue weighted by Crippen LogP contribution is 2.47. The number of alkyl halides is 1. The van der Waals surface area contributed by atoms with Crippen LogP contribution in [0.25, 0.3) is 0 Å². The zero-order valence-corrected chi connectivity index (χ0v) is 8.98. The van der Waals surface area contributed by atoms with Gasteiger partial charge in [0.05, 0.1) is 13.7 Å². The third kappa shape index (κ3) is 1.62. The van der Waals surface area contributed by atoms with Crippen LogP contribution in [0.2, 0.25) is 0 Å². The number of carboxylic acid groups (broad SMARTS) is 1. The number of carbonyl (C=O) groups excluding carboxylic acids is 1. The van der Waals surface area contributed by atoms with Crippen molar-refractivity contribution in [1.29, 1.82) is 0 Å². The fourth-order valence-corrected chi connectivity index (χ4v) is 2.36. The van der Waals surface area contributed by atoms with Crippen molar-refractivity contribution in [2.24, 2.45) is 11.8 Å². The number of nitrogens with zero attached hydrogens (tertiary/aromatic N) is 1. The standard InChI is InChI=1S/C10H14FNO4/c1-16-9(15)12-4-7(6-2-3-6)10(11,5-12)8(13)14/h6-7H,2-5H2,1H3,(H,13,14). The molecule has 1 aliphatic heterocycles. The summed E-state index contributed by atoms with van der Waals surface area (Å²) in [5.74, 6) is -1.98. The molecule has 2 atom stereocenters. The Bertz CT molecular complexity index is 331. The van der Waals surface area contributed by atoms with Gasteiger partial charge >= 0.3 is 12.1 Å². The van der Waals surface area contributed by atoms with Crippen LogP contribution in [0.15, 0.2) is 0 Å². The van der Waals surface area contributed by atoms with Gasteiger partial charge in [0.15, 0.2) is 0 Å². The highest BCUT2D eigenvalue weighted by Gasteiger charge is 2.59. The van der Waals surface area contributed by atoms with E-state index in [2.05, 4.69) is 4.74 Å². The molecule has 1 N–H and O–H groups in total. The highest BCUT2D eigenvalue weighted by atomic mass is 19.1. The summed E-state index contributed by atoms with van der Waals surface area (Å²) in [6.45, 7) is -0.268. The van der Waals surface area contributed by atoms with E-state index in [0.717, 1.165) is 17.7 Å². The molecule has 6 heteroatoms. The maximum absolute atomic E-state index is 14.3. The van der Waals surface area contributed by atoms with Crippen molar-refractivity contribution in [2.45, 2.75) is 18.5 Å². The summed E-state index contributed by atoms with van der Waals surface area (Å²) in [5, 5.41) is 8.94. The third-order valence-corrected chi connectivity index (χ3v) is 3.41. The number of carbonyl (C=O) groups is 2. The van der Waals surface area contributed by atoms with Crippen molar-refractivity contribution in [2.75, 3.05) is 20.2 Å². The summed E-state index contributed by atoms with van der Waals surface area (Å²) in [7, 11) is 1.20. The van der Waals surface area contributed by atoms with Crippen LogP contribution >= 0.6 is 0 Å². The highest BCUT2D eigenvalue weighted by molar-refractivity contribution is 5.81. The molecule has 1 saturated carbocycles. The molecule has 2 unspecified atom stereocenters. The van der Waals surface area contributed by atoms with Gasteiger partial charge in [-0.25, -0.2) is 14.0 Å². The molecule has 0 spiro atoms. The lowest BCUT2D eigenvalue weighted by molar-refractivity contribution is -0.153. The number of hydrogen-bond acceptors (Lipinski definition) is 3. The Hall–Kier alpha value is -1.33. The molecule has 1 aliphatic carbocycles. The number of carboxylic acids is 1. The number of hydrogen-bond donors (Lipinski definition) is 1. The fourth-order valence-electron chi connectivity index (χ4n) is 2.36. The molecule has 2 fully saturated rings. The van der Waals surface area contributed by atoms with Crippen LogP contribution in [0.1, 0.15) is 12.8 Å². The average Bonchev–Trinajstić information content (AvgIpc) is 3.01. The monoisotopic (exact) mass is 231 g/mol. The predicted molar refractivity (Wildman–Crippen MR) is 51.7 cm³/mol. The Morgan fingerprint density at radius 2 is 2.12 bits per heavy atom. The van der Waals surface area contributed by atoms with Crippen molar-refractivity contribution in [1.82, 2.24) is 4.90 Å². The fraction of sp³-hybridized carbons (Fsp3) is 0.800. The first-order valence-corrected chi connectivity index (χ1v) is 5.24. The number of halogens is 1. The first kappa shape index (κ1) is 11.2. The predicted octanol–water partition coefficient (Wildman–Crippen LogP) is 0.888. The summed E-state index contributed by atoms with van der Waals surface area (Å²) in [6, 6.07) is 0. The molecular weight excluding hydrogens is 217 g/mol. The van der Waals surface area contributed by atoms with Crippen LogP contribution in [0, 0.1) is 11.8 Å². The van der Waals surface area contributed by atoms with Crippen LogP contribution in [-0.4, -0.2) is 47.9 Å². The summed E-state index contributed by atoms with van der Waals surface area (Å²) in [4.78, 5) is 23.4. The third-order valence-electron chi connectivity index (χ3n) is 3.41. The van der Waals surface area contributed by atoms with Gasteiger partial charge in [-0.15, -0.1) is 0 Å². The van der Waals surface area contributed by atoms with E-state index in [1.165, 1.54) is 7.11 Å². The van der Waals surface area contributed by atoms with Crippen molar-refractivity contribution >= 4 is 12.1 Å². The van der Waals surface area contributed by atoms with Crippen molar-refractivity contribution < 1.29 is 23.8 Å². The second-order valence-electron chi connectivity index (χ2n) is 4.46. The van der Waals surface area contributed by atoms with Gasteiger partial charge in [-0.05, 0) is 18.8 Å². The van der Waals surface area contributed by atoms with Crippen LogP contribution in [0.5, 0.6) is 0 Å². The number of likely N-dealkylation sites (tertiary alicyclic amines) is 1. The van der Waals surface area contributed by atoms with E-state index >= 15 is 0 Å². The Kier molecular flexibility index (Phi) is 2.52. The normalized spacial score (nSPS) is 33.9. The maximum atomic E-state index is 14.3. The zero-order chi connectivity index (χ0) is 11.9. The SMILES string of the molecule is COC(=O)N1CC(C2CC2)C(F)(C(=O)O)C1. The number of ether oxygens (including phenoxy) is 1. The molecule has 0 aromatic rings. The summed E-state index contributed by atoms with van der Waals surface area (Å²) in [6.07, 6.45) is 1.03. The molecule has 1 amide bonds. The smallest absolute Gasteiger partial charge is 0.409 e. The molecule has 1 heterocycles. The van der Waals surface area contributed by atoms with Gasteiger partial charge in [0.1, 0.15) is 0 Å². The molecule has 0 radical (unpaired) electrons. The molecule has 16 heavy (non-hydrogen) atoms. The van der Waals surface area contributed by atoms with Gasteiger partial charge < -0.3 is 14.7 Å². The van der Waals surface area contributed by atoms with Gasteiger partial charge in [0.2, 0.25) is 5.67 Å². The Morgan fingerprint density at radius 1 is 1.50 bits per heavy atom. The van der Waals surface area contributed by atoms with Gasteiger partial charge in [-0.1, -0.05) is 0 Å². The zero-order valence-electron chi connectivity index (χ0n) is 8.98. The maximum Gasteiger partial charge on any atom is 0.409 e. The number of methoxy groups -OCH3 is 1. The molecule has 2 rings (SSSR count). The van der Waals surface area contributed by atoms with Crippen molar-refractivity contribution in [3.8, 4) is 0 Å². The van der Waals surface area contributed by atoms with E-state index in [1.54, 1.807) is 0 Å². The number of rotatable bonds is 2. The van der Waals surface area contributed by atoms with Gasteiger partial charge in [0.25, 0.3) is 0 Å². The van der Waals surface area contributed by atoms with Gasteiger partial charge in [-0.3, -0.25) is 0 Å². The summed E-state index contributed by atoms with van der Waals surface area (Å²) < 4.78 is 18.8. The average molecular weight is 231 g/mol. The minimum atomic E-state index is -2.31. The van der Waals surface area contributed by atoms with E-state index in [1.807, 2.05) is 0 Å². The second kappa shape index (κ2) is 3.61. The molecule has 0 bridgehead atoms. The van der Waals surface area contributed by atoms with Crippen LogP contribution < -0.4 is 0 Å². The minimum Gasteiger partial charge on any atom is -0.479 e. The minimum absolute atomic E-state index is 0.0933. The molecule has 5 nitrogen and oxygen atoms in total. The Morgan fingerprint density at radius 3 is 2.56 bits per heavy atom. The Labute approximate surface area is 92.2 Å². The van der Waals surface area contributed by atoms with Gasteiger partial charge in [0, 0.05) is 12.5 Å².